The lowest BCUT2D eigenvalue weighted by atomic mass is 10.1. The highest BCUT2D eigenvalue weighted by Crippen LogP contribution is 2.34. The molecule has 2 N–H and O–H groups in total. The molecule has 2 rings (SSSR count). The third-order valence-electron chi connectivity index (χ3n) is 2.74. The molecule has 0 fully saturated rings. The number of thiophene rings is 1. The van der Waals surface area contributed by atoms with Gasteiger partial charge in [0, 0.05) is 11.4 Å². The number of carbonyl (C=O) groups excluding carboxylic acids is 2. The predicted octanol–water partition coefficient (Wildman–Crippen LogP) is 3.64. The first-order valence-corrected chi connectivity index (χ1v) is 7.08. The first-order valence-electron chi connectivity index (χ1n) is 6.20. The molecule has 0 unspecified atom stereocenters. The van der Waals surface area contributed by atoms with Crippen molar-refractivity contribution in [2.45, 2.75) is 6.18 Å². The minimum absolute atomic E-state index is 0.147. The molecule has 0 atom stereocenters. The number of urea groups is 1. The van der Waals surface area contributed by atoms with Crippen LogP contribution >= 0.6 is 11.3 Å². The van der Waals surface area contributed by atoms with Gasteiger partial charge in [-0.05, 0) is 12.1 Å². The maximum absolute atomic E-state index is 12.8. The second-order valence-corrected chi connectivity index (χ2v) is 5.27. The van der Waals surface area contributed by atoms with Gasteiger partial charge in [-0.2, -0.15) is 13.2 Å². The maximum Gasteiger partial charge on any atom is 0.418 e. The van der Waals surface area contributed by atoms with Crippen molar-refractivity contribution in [3.8, 4) is 0 Å². The second-order valence-electron chi connectivity index (χ2n) is 4.38. The fourth-order valence-electron chi connectivity index (χ4n) is 1.71. The maximum atomic E-state index is 12.8. The summed E-state index contributed by atoms with van der Waals surface area (Å²) in [4.78, 5) is 33.3. The first-order chi connectivity index (χ1) is 11.2. The Bertz CT molecular complexity index is 804. The number of hydrogen-bond donors (Lipinski definition) is 2. The Morgan fingerprint density at radius 3 is 2.46 bits per heavy atom. The zero-order valence-electron chi connectivity index (χ0n) is 11.6. The summed E-state index contributed by atoms with van der Waals surface area (Å²) in [6.45, 7) is 0. The van der Waals surface area contributed by atoms with E-state index < -0.39 is 34.3 Å². The van der Waals surface area contributed by atoms with E-state index in [1.807, 2.05) is 5.32 Å². The van der Waals surface area contributed by atoms with Gasteiger partial charge < -0.3 is 5.32 Å². The molecular formula is C13H8F3N3O4S. The van der Waals surface area contributed by atoms with E-state index in [9.17, 15) is 32.9 Å². The van der Waals surface area contributed by atoms with E-state index >= 15 is 0 Å². The quantitative estimate of drug-likeness (QED) is 0.645. The van der Waals surface area contributed by atoms with Crippen molar-refractivity contribution in [2.75, 3.05) is 5.32 Å². The minimum atomic E-state index is -4.68. The molecule has 0 spiro atoms. The van der Waals surface area contributed by atoms with Crippen LogP contribution in [0.4, 0.5) is 28.7 Å². The number of nitrogens with zero attached hydrogens (tertiary/aromatic N) is 1. The molecule has 1 aromatic carbocycles. The van der Waals surface area contributed by atoms with E-state index in [1.165, 1.54) is 6.07 Å². The molecule has 7 nitrogen and oxygen atoms in total. The van der Waals surface area contributed by atoms with Crippen molar-refractivity contribution in [3.05, 3.63) is 57.0 Å². The van der Waals surface area contributed by atoms with Crippen LogP contribution in [-0.4, -0.2) is 16.9 Å². The average Bonchev–Trinajstić information content (AvgIpc) is 2.96. The molecular weight excluding hydrogens is 351 g/mol. The van der Waals surface area contributed by atoms with Crippen LogP contribution < -0.4 is 10.6 Å². The smallest absolute Gasteiger partial charge is 0.307 e. The van der Waals surface area contributed by atoms with Crippen molar-refractivity contribution in [3.63, 3.8) is 0 Å². The van der Waals surface area contributed by atoms with Crippen LogP contribution in [0.2, 0.25) is 0 Å². The molecule has 0 saturated heterocycles. The topological polar surface area (TPSA) is 101 Å². The van der Waals surface area contributed by atoms with E-state index in [1.54, 1.807) is 5.32 Å². The third-order valence-corrected chi connectivity index (χ3v) is 3.62. The van der Waals surface area contributed by atoms with Crippen molar-refractivity contribution in [1.29, 1.82) is 0 Å². The largest absolute Gasteiger partial charge is 0.418 e. The molecule has 24 heavy (non-hydrogen) atoms. The van der Waals surface area contributed by atoms with Gasteiger partial charge in [0.2, 0.25) is 0 Å². The average molecular weight is 359 g/mol. The van der Waals surface area contributed by atoms with E-state index in [0.29, 0.717) is 11.3 Å². The number of halogens is 3. The van der Waals surface area contributed by atoms with Gasteiger partial charge in [-0.1, -0.05) is 23.5 Å². The van der Waals surface area contributed by atoms with Crippen molar-refractivity contribution in [1.82, 2.24) is 5.32 Å². The number of carbonyl (C=O) groups is 2. The van der Waals surface area contributed by atoms with Gasteiger partial charge in [0.25, 0.3) is 5.91 Å². The molecule has 1 aromatic heterocycles. The normalized spacial score (nSPS) is 11.0. The molecule has 0 bridgehead atoms. The summed E-state index contributed by atoms with van der Waals surface area (Å²) in [5, 5.41) is 15.1. The first kappa shape index (κ1) is 17.4. The molecule has 0 aliphatic rings. The van der Waals surface area contributed by atoms with Gasteiger partial charge in [-0.3, -0.25) is 20.2 Å². The number of nitro groups is 1. The van der Waals surface area contributed by atoms with Crippen molar-refractivity contribution >= 4 is 34.0 Å². The van der Waals surface area contributed by atoms with Gasteiger partial charge in [0.1, 0.15) is 0 Å². The highest BCUT2D eigenvalue weighted by Gasteiger charge is 2.33. The Hall–Kier alpha value is -2.95. The van der Waals surface area contributed by atoms with E-state index in [2.05, 4.69) is 0 Å². The highest BCUT2D eigenvalue weighted by atomic mass is 32.1. The van der Waals surface area contributed by atoms with Gasteiger partial charge >= 0.3 is 17.2 Å². The van der Waals surface area contributed by atoms with Crippen molar-refractivity contribution in [2.24, 2.45) is 0 Å². The molecule has 126 valence electrons. The summed E-state index contributed by atoms with van der Waals surface area (Å²) in [6, 6.07) is 4.01. The Balaban J connectivity index is 2.08. The highest BCUT2D eigenvalue weighted by molar-refractivity contribution is 7.13. The number of para-hydroxylation sites is 1. The van der Waals surface area contributed by atoms with Crippen LogP contribution in [0.15, 0.2) is 35.7 Å². The number of alkyl halides is 3. The number of amides is 3. The lowest BCUT2D eigenvalue weighted by Gasteiger charge is -2.13. The minimum Gasteiger partial charge on any atom is -0.307 e. The molecule has 2 aromatic rings. The standard InChI is InChI=1S/C13H8F3N3O4S/c14-13(15,16)8-3-1-2-4-9(8)17-12(21)18-11(20)7-5-10(19(22)23)24-6-7/h1-6H,(H2,17,18,20,21). The number of nitrogens with one attached hydrogen (secondary N) is 2. The van der Waals surface area contributed by atoms with E-state index in [0.717, 1.165) is 29.6 Å². The van der Waals surface area contributed by atoms with Crippen LogP contribution in [-0.2, 0) is 6.18 Å². The Morgan fingerprint density at radius 2 is 1.88 bits per heavy atom. The van der Waals surface area contributed by atoms with Gasteiger partial charge in [-0.15, -0.1) is 0 Å². The Kier molecular flexibility index (Phi) is 4.83. The number of rotatable bonds is 3. The summed E-state index contributed by atoms with van der Waals surface area (Å²) < 4.78 is 38.4. The second kappa shape index (κ2) is 6.66. The summed E-state index contributed by atoms with van der Waals surface area (Å²) in [6.07, 6.45) is -4.68. The molecule has 0 radical (unpaired) electrons. The van der Waals surface area contributed by atoms with Crippen molar-refractivity contribution < 1.29 is 27.7 Å². The summed E-state index contributed by atoms with van der Waals surface area (Å²) in [5.41, 5.74) is -1.74. The van der Waals surface area contributed by atoms with E-state index in [-0.39, 0.29) is 10.6 Å². The molecule has 11 heteroatoms. The number of anilines is 1. The van der Waals surface area contributed by atoms with E-state index in [4.69, 9.17) is 0 Å². The molecule has 3 amide bonds. The van der Waals surface area contributed by atoms with Gasteiger partial charge in [0.15, 0.2) is 0 Å². The van der Waals surface area contributed by atoms with Crippen LogP contribution in [0.25, 0.3) is 0 Å². The third kappa shape index (κ3) is 4.07. The molecule has 0 saturated carbocycles. The zero-order valence-corrected chi connectivity index (χ0v) is 12.4. The fraction of sp³-hybridized carbons (Fsp3) is 0.0769. The lowest BCUT2D eigenvalue weighted by molar-refractivity contribution is -0.380. The number of imide groups is 1. The molecule has 0 aliphatic carbocycles. The Labute approximate surface area is 136 Å². The zero-order chi connectivity index (χ0) is 17.9. The fourth-order valence-corrected chi connectivity index (χ4v) is 2.41. The van der Waals surface area contributed by atoms with Gasteiger partial charge in [0.05, 0.1) is 21.7 Å². The summed E-state index contributed by atoms with van der Waals surface area (Å²) in [7, 11) is 0. The monoisotopic (exact) mass is 359 g/mol. The SMILES string of the molecule is O=C(NC(=O)c1csc([N+](=O)[O-])c1)Nc1ccccc1C(F)(F)F. The predicted molar refractivity (Wildman–Crippen MR) is 78.9 cm³/mol. The Morgan fingerprint density at radius 1 is 1.21 bits per heavy atom. The van der Waals surface area contributed by atoms with Crippen LogP contribution in [0.5, 0.6) is 0 Å². The van der Waals surface area contributed by atoms with Gasteiger partial charge in [-0.25, -0.2) is 4.79 Å². The molecule has 1 heterocycles. The summed E-state index contributed by atoms with van der Waals surface area (Å²) in [5.74, 6) is -0.971. The van der Waals surface area contributed by atoms with Crippen LogP contribution in [0, 0.1) is 10.1 Å². The molecule has 0 aliphatic heterocycles. The number of hydrogen-bond acceptors (Lipinski definition) is 5. The van der Waals surface area contributed by atoms with Crippen LogP contribution in [0.1, 0.15) is 15.9 Å². The summed E-state index contributed by atoms with van der Waals surface area (Å²) >= 11 is 0.682. The van der Waals surface area contributed by atoms with Crippen LogP contribution in [0.3, 0.4) is 0 Å². The number of benzene rings is 1. The lowest BCUT2D eigenvalue weighted by Crippen LogP contribution is -2.34.